The van der Waals surface area contributed by atoms with Gasteiger partial charge in [-0.25, -0.2) is 9.48 Å². The zero-order valence-electron chi connectivity index (χ0n) is 13.7. The number of Topliss-reactive ketones (excluding diaryl/α,β-unsaturated/α-hetero) is 1. The second-order valence-electron chi connectivity index (χ2n) is 5.12. The first-order valence-electron chi connectivity index (χ1n) is 7.07. The molecule has 2 aromatic heterocycles. The highest BCUT2D eigenvalue weighted by molar-refractivity contribution is 6.03. The number of carbonyl (C=O) groups excluding carboxylic acids is 3. The van der Waals surface area contributed by atoms with E-state index < -0.39 is 23.8 Å². The maximum atomic E-state index is 12.5. The minimum Gasteiger partial charge on any atom is -0.465 e. The number of hydrogen-bond acceptors (Lipinski definition) is 8. The Morgan fingerprint density at radius 2 is 2.04 bits per heavy atom. The molecule has 0 bridgehead atoms. The highest BCUT2D eigenvalue weighted by atomic mass is 16.5. The first-order valence-corrected chi connectivity index (χ1v) is 7.07. The number of methoxy groups -OCH3 is 1. The molecule has 0 unspecified atom stereocenters. The fourth-order valence-electron chi connectivity index (χ4n) is 2.28. The summed E-state index contributed by atoms with van der Waals surface area (Å²) in [5, 5.41) is 10.3. The lowest BCUT2D eigenvalue weighted by Gasteiger charge is -2.12. The van der Waals surface area contributed by atoms with Crippen molar-refractivity contribution in [2.75, 3.05) is 7.11 Å². The van der Waals surface area contributed by atoms with Crippen LogP contribution in [0.4, 0.5) is 0 Å². The maximum absolute atomic E-state index is 12.5. The number of rotatable bonds is 6. The van der Waals surface area contributed by atoms with E-state index in [2.05, 4.69) is 20.5 Å². The summed E-state index contributed by atoms with van der Waals surface area (Å²) in [7, 11) is 1.26. The Morgan fingerprint density at radius 3 is 2.62 bits per heavy atom. The summed E-state index contributed by atoms with van der Waals surface area (Å²) in [5.41, 5.74) is 1.46. The Kier molecular flexibility index (Phi) is 5.07. The molecule has 24 heavy (non-hydrogen) atoms. The Bertz CT molecular complexity index is 765. The smallest absolute Gasteiger partial charge is 0.339 e. The predicted octanol–water partition coefficient (Wildman–Crippen LogP) is 0.219. The van der Waals surface area contributed by atoms with E-state index in [9.17, 15) is 14.4 Å². The van der Waals surface area contributed by atoms with Gasteiger partial charge in [0.15, 0.2) is 6.10 Å². The number of H-pyrrole nitrogens is 1. The highest BCUT2D eigenvalue weighted by Gasteiger charge is 2.27. The van der Waals surface area contributed by atoms with E-state index in [1.807, 2.05) is 0 Å². The lowest BCUT2D eigenvalue weighted by molar-refractivity contribution is -0.147. The number of carbonyl (C=O) groups is 3. The molecule has 1 N–H and O–H groups in total. The van der Waals surface area contributed by atoms with Gasteiger partial charge in [0, 0.05) is 5.69 Å². The van der Waals surface area contributed by atoms with Crippen LogP contribution in [0, 0.1) is 13.8 Å². The molecule has 0 saturated carbocycles. The number of tetrazole rings is 1. The largest absolute Gasteiger partial charge is 0.465 e. The van der Waals surface area contributed by atoms with Crippen LogP contribution in [0.15, 0.2) is 6.33 Å². The molecule has 0 radical (unpaired) electrons. The topological polar surface area (TPSA) is 129 Å². The number of nitrogens with zero attached hydrogens (tertiary/aromatic N) is 4. The van der Waals surface area contributed by atoms with Gasteiger partial charge in [0.1, 0.15) is 12.9 Å². The maximum Gasteiger partial charge on any atom is 0.339 e. The summed E-state index contributed by atoms with van der Waals surface area (Å²) in [6, 6.07) is 0. The number of esters is 2. The third-order valence-corrected chi connectivity index (χ3v) is 3.43. The predicted molar refractivity (Wildman–Crippen MR) is 79.3 cm³/mol. The van der Waals surface area contributed by atoms with E-state index in [1.165, 1.54) is 25.0 Å². The van der Waals surface area contributed by atoms with Gasteiger partial charge in [0.25, 0.3) is 0 Å². The number of aryl methyl sites for hydroxylation is 1. The second kappa shape index (κ2) is 7.02. The molecule has 0 amide bonds. The van der Waals surface area contributed by atoms with Gasteiger partial charge in [-0.15, -0.1) is 5.10 Å². The minimum absolute atomic E-state index is 0.204. The SMILES string of the molecule is COC(=O)c1c(C)[nH]c(C(=O)[C@@H](C)OC(=O)Cn2cnnn2)c1C. The van der Waals surface area contributed by atoms with E-state index in [0.717, 1.165) is 0 Å². The zero-order valence-corrected chi connectivity index (χ0v) is 13.7. The van der Waals surface area contributed by atoms with Crippen LogP contribution in [-0.2, 0) is 20.8 Å². The molecule has 0 aliphatic carbocycles. The van der Waals surface area contributed by atoms with E-state index in [-0.39, 0.29) is 12.2 Å². The van der Waals surface area contributed by atoms with Crippen molar-refractivity contribution in [3.63, 3.8) is 0 Å². The van der Waals surface area contributed by atoms with Gasteiger partial charge in [-0.05, 0) is 36.8 Å². The Morgan fingerprint density at radius 1 is 1.33 bits per heavy atom. The molecule has 10 nitrogen and oxygen atoms in total. The standard InChI is InChI=1S/C14H17N5O5/c1-7-11(14(22)23-4)8(2)16-12(7)13(21)9(3)24-10(20)5-19-6-15-17-18-19/h6,9,16H,5H2,1-4H3/t9-/m1/s1. The van der Waals surface area contributed by atoms with Gasteiger partial charge in [0.2, 0.25) is 5.78 Å². The average molecular weight is 335 g/mol. The summed E-state index contributed by atoms with van der Waals surface area (Å²) >= 11 is 0. The molecule has 0 spiro atoms. The van der Waals surface area contributed by atoms with Gasteiger partial charge < -0.3 is 14.5 Å². The summed E-state index contributed by atoms with van der Waals surface area (Å²) in [6.07, 6.45) is 0.228. The summed E-state index contributed by atoms with van der Waals surface area (Å²) in [6.45, 7) is 4.52. The van der Waals surface area contributed by atoms with Crippen LogP contribution in [0.3, 0.4) is 0 Å². The molecule has 0 aromatic carbocycles. The van der Waals surface area contributed by atoms with Crippen molar-refractivity contribution in [3.8, 4) is 0 Å². The van der Waals surface area contributed by atoms with Crippen LogP contribution in [0.5, 0.6) is 0 Å². The molecule has 0 aliphatic heterocycles. The van der Waals surface area contributed by atoms with Crippen LogP contribution in [0.2, 0.25) is 0 Å². The number of aromatic amines is 1. The summed E-state index contributed by atoms with van der Waals surface area (Å²) < 4.78 is 11.0. The van der Waals surface area contributed by atoms with Gasteiger partial charge in [-0.3, -0.25) is 9.59 Å². The van der Waals surface area contributed by atoms with Crippen LogP contribution in [0.1, 0.15) is 39.0 Å². The highest BCUT2D eigenvalue weighted by Crippen LogP contribution is 2.20. The number of ketones is 1. The zero-order chi connectivity index (χ0) is 17.9. The van der Waals surface area contributed by atoms with E-state index in [4.69, 9.17) is 9.47 Å². The second-order valence-corrected chi connectivity index (χ2v) is 5.12. The molecular formula is C14H17N5O5. The van der Waals surface area contributed by atoms with Gasteiger partial charge in [-0.2, -0.15) is 0 Å². The van der Waals surface area contributed by atoms with Crippen LogP contribution < -0.4 is 0 Å². The molecule has 1 atom stereocenters. The van der Waals surface area contributed by atoms with Crippen LogP contribution in [-0.4, -0.2) is 56.1 Å². The monoisotopic (exact) mass is 335 g/mol. The summed E-state index contributed by atoms with van der Waals surface area (Å²) in [4.78, 5) is 38.9. The van der Waals surface area contributed by atoms with E-state index in [0.29, 0.717) is 16.8 Å². The molecular weight excluding hydrogens is 318 g/mol. The molecule has 0 aliphatic rings. The van der Waals surface area contributed by atoms with Crippen molar-refractivity contribution >= 4 is 17.7 Å². The molecule has 128 valence electrons. The van der Waals surface area contributed by atoms with Gasteiger partial charge in [0.05, 0.1) is 18.4 Å². The third-order valence-electron chi connectivity index (χ3n) is 3.43. The van der Waals surface area contributed by atoms with Gasteiger partial charge >= 0.3 is 11.9 Å². The van der Waals surface area contributed by atoms with Crippen molar-refractivity contribution in [2.45, 2.75) is 33.4 Å². The first kappa shape index (κ1) is 17.3. The van der Waals surface area contributed by atoms with Crippen molar-refractivity contribution in [1.82, 2.24) is 25.2 Å². The average Bonchev–Trinajstić information content (AvgIpc) is 3.13. The summed E-state index contributed by atoms with van der Waals surface area (Å²) in [5.74, 6) is -1.64. The normalized spacial score (nSPS) is 11.8. The fraction of sp³-hybridized carbons (Fsp3) is 0.429. The van der Waals surface area contributed by atoms with Gasteiger partial charge in [-0.1, -0.05) is 0 Å². The number of ether oxygens (including phenoxy) is 2. The lowest BCUT2D eigenvalue weighted by atomic mass is 10.1. The quantitative estimate of drug-likeness (QED) is 0.586. The number of hydrogen-bond donors (Lipinski definition) is 1. The number of aromatic nitrogens is 5. The van der Waals surface area contributed by atoms with E-state index in [1.54, 1.807) is 13.8 Å². The molecule has 10 heteroatoms. The van der Waals surface area contributed by atoms with Crippen molar-refractivity contribution in [2.24, 2.45) is 0 Å². The number of nitrogens with one attached hydrogen (secondary N) is 1. The molecule has 0 saturated heterocycles. The van der Waals surface area contributed by atoms with Crippen LogP contribution in [0.25, 0.3) is 0 Å². The first-order chi connectivity index (χ1) is 11.3. The molecule has 0 fully saturated rings. The van der Waals surface area contributed by atoms with Crippen molar-refractivity contribution in [1.29, 1.82) is 0 Å². The Labute approximate surface area is 137 Å². The minimum atomic E-state index is -1.03. The lowest BCUT2D eigenvalue weighted by Crippen LogP contribution is -2.27. The molecule has 2 rings (SSSR count). The Hall–Kier alpha value is -3.04. The third kappa shape index (κ3) is 3.47. The Balaban J connectivity index is 2.10. The fourth-order valence-corrected chi connectivity index (χ4v) is 2.28. The van der Waals surface area contributed by atoms with E-state index >= 15 is 0 Å². The molecule has 2 aromatic rings. The van der Waals surface area contributed by atoms with Crippen LogP contribution >= 0.6 is 0 Å². The van der Waals surface area contributed by atoms with Crippen molar-refractivity contribution < 1.29 is 23.9 Å². The molecule has 2 heterocycles. The van der Waals surface area contributed by atoms with Crippen molar-refractivity contribution in [3.05, 3.63) is 28.8 Å².